The Kier molecular flexibility index (Phi) is 7.96. The van der Waals surface area contributed by atoms with E-state index >= 15 is 0 Å². The van der Waals surface area contributed by atoms with Crippen molar-refractivity contribution >= 4 is 39.8 Å². The number of carbonyl (C=O) groups is 1. The monoisotopic (exact) mass is 382 g/mol. The molecule has 1 amide bonds. The Bertz CT molecular complexity index is 664. The Morgan fingerprint density at radius 3 is 2.76 bits per heavy atom. The fourth-order valence-electron chi connectivity index (χ4n) is 1.84. The fourth-order valence-corrected chi connectivity index (χ4v) is 3.76. The normalized spacial score (nSPS) is 11.8. The average molecular weight is 383 g/mol. The summed E-state index contributed by atoms with van der Waals surface area (Å²) in [6, 6.07) is 7.31. The summed E-state index contributed by atoms with van der Waals surface area (Å²) in [7, 11) is 1.65. The number of aromatic nitrogens is 2. The number of benzene rings is 1. The van der Waals surface area contributed by atoms with E-state index in [1.807, 2.05) is 38.1 Å². The lowest BCUT2D eigenvalue weighted by Crippen LogP contribution is -2.22. The Hall–Kier alpha value is -1.84. The summed E-state index contributed by atoms with van der Waals surface area (Å²) in [4.78, 5) is 12.3. The third-order valence-corrected chi connectivity index (χ3v) is 5.13. The minimum Gasteiger partial charge on any atom is -0.494 e. The number of methoxy groups -OCH3 is 1. The van der Waals surface area contributed by atoms with Crippen LogP contribution < -0.4 is 15.4 Å². The first-order chi connectivity index (χ1) is 12.1. The van der Waals surface area contributed by atoms with Gasteiger partial charge in [0, 0.05) is 19.3 Å². The predicted octanol–water partition coefficient (Wildman–Crippen LogP) is 3.11. The van der Waals surface area contributed by atoms with E-state index in [1.165, 1.54) is 23.1 Å². The van der Waals surface area contributed by atoms with Gasteiger partial charge in [0.25, 0.3) is 0 Å². The smallest absolute Gasteiger partial charge is 0.237 e. The first kappa shape index (κ1) is 19.5. The first-order valence-corrected chi connectivity index (χ1v) is 9.58. The number of hydrogen-bond acceptors (Lipinski definition) is 8. The number of hydrogen-bond donors (Lipinski definition) is 2. The van der Waals surface area contributed by atoms with Crippen LogP contribution in [0.25, 0.3) is 0 Å². The summed E-state index contributed by atoms with van der Waals surface area (Å²) < 4.78 is 11.1. The highest BCUT2D eigenvalue weighted by Gasteiger charge is 2.17. The Morgan fingerprint density at radius 1 is 1.32 bits per heavy atom. The summed E-state index contributed by atoms with van der Waals surface area (Å²) in [5.74, 6) is 0.698. The highest BCUT2D eigenvalue weighted by molar-refractivity contribution is 8.02. The third-order valence-electron chi connectivity index (χ3n) is 3.07. The topological polar surface area (TPSA) is 85.4 Å². The van der Waals surface area contributed by atoms with Crippen LogP contribution in [0.1, 0.15) is 13.8 Å². The SMILES string of the molecule is CCOc1ccc(NC(=O)[C@@H](C)Sc2nnc(NCCOC)s2)cc1. The second kappa shape index (κ2) is 10.2. The van der Waals surface area contributed by atoms with Gasteiger partial charge in [-0.2, -0.15) is 0 Å². The molecule has 1 aromatic heterocycles. The molecule has 0 radical (unpaired) electrons. The van der Waals surface area contributed by atoms with Gasteiger partial charge in [0.2, 0.25) is 11.0 Å². The second-order valence-corrected chi connectivity index (χ2v) is 7.56. The maximum Gasteiger partial charge on any atom is 0.237 e. The minimum absolute atomic E-state index is 0.0850. The molecule has 0 bridgehead atoms. The maximum atomic E-state index is 12.3. The molecule has 1 heterocycles. The molecule has 0 saturated carbocycles. The van der Waals surface area contributed by atoms with E-state index in [2.05, 4.69) is 20.8 Å². The Morgan fingerprint density at radius 2 is 2.08 bits per heavy atom. The lowest BCUT2D eigenvalue weighted by Gasteiger charge is -2.11. The van der Waals surface area contributed by atoms with Crippen LogP contribution in [0.15, 0.2) is 28.6 Å². The molecule has 0 spiro atoms. The van der Waals surface area contributed by atoms with E-state index in [1.54, 1.807) is 7.11 Å². The third kappa shape index (κ3) is 6.52. The number of anilines is 2. The quantitative estimate of drug-likeness (QED) is 0.482. The molecular formula is C16H22N4O3S2. The van der Waals surface area contributed by atoms with Gasteiger partial charge >= 0.3 is 0 Å². The Balaban J connectivity index is 1.83. The summed E-state index contributed by atoms with van der Waals surface area (Å²) in [6.45, 7) is 5.66. The van der Waals surface area contributed by atoms with Gasteiger partial charge in [0.05, 0.1) is 18.5 Å². The lowest BCUT2D eigenvalue weighted by atomic mass is 10.3. The van der Waals surface area contributed by atoms with Crippen molar-refractivity contribution in [3.05, 3.63) is 24.3 Å². The summed E-state index contributed by atoms with van der Waals surface area (Å²) in [6.07, 6.45) is 0. The number of rotatable bonds is 10. The van der Waals surface area contributed by atoms with Gasteiger partial charge in [0.1, 0.15) is 5.75 Å². The molecule has 1 aromatic carbocycles. The molecule has 0 fully saturated rings. The molecule has 1 atom stereocenters. The van der Waals surface area contributed by atoms with Gasteiger partial charge in [-0.15, -0.1) is 10.2 Å². The van der Waals surface area contributed by atoms with Gasteiger partial charge in [-0.05, 0) is 38.1 Å². The summed E-state index contributed by atoms with van der Waals surface area (Å²) >= 11 is 2.80. The number of amides is 1. The van der Waals surface area contributed by atoms with Crippen molar-refractivity contribution < 1.29 is 14.3 Å². The highest BCUT2D eigenvalue weighted by atomic mass is 32.2. The van der Waals surface area contributed by atoms with E-state index in [0.29, 0.717) is 19.8 Å². The van der Waals surface area contributed by atoms with Crippen molar-refractivity contribution in [2.24, 2.45) is 0 Å². The first-order valence-electron chi connectivity index (χ1n) is 7.89. The highest BCUT2D eigenvalue weighted by Crippen LogP contribution is 2.29. The van der Waals surface area contributed by atoms with Crippen LogP contribution >= 0.6 is 23.1 Å². The fraction of sp³-hybridized carbons (Fsp3) is 0.438. The van der Waals surface area contributed by atoms with Gasteiger partial charge in [-0.1, -0.05) is 23.1 Å². The van der Waals surface area contributed by atoms with Crippen molar-refractivity contribution in [2.75, 3.05) is 37.5 Å². The number of nitrogens with one attached hydrogen (secondary N) is 2. The van der Waals surface area contributed by atoms with Crippen molar-refractivity contribution in [3.63, 3.8) is 0 Å². The van der Waals surface area contributed by atoms with Gasteiger partial charge < -0.3 is 20.1 Å². The second-order valence-electron chi connectivity index (χ2n) is 5.00. The summed E-state index contributed by atoms with van der Waals surface area (Å²) in [5, 5.41) is 14.6. The molecule has 0 aliphatic heterocycles. The van der Waals surface area contributed by atoms with Crippen LogP contribution in [-0.4, -0.2) is 48.2 Å². The zero-order valence-electron chi connectivity index (χ0n) is 14.4. The van der Waals surface area contributed by atoms with E-state index in [9.17, 15) is 4.79 Å². The number of nitrogens with zero attached hydrogens (tertiary/aromatic N) is 2. The predicted molar refractivity (Wildman–Crippen MR) is 102 cm³/mol. The van der Waals surface area contributed by atoms with Gasteiger partial charge in [0.15, 0.2) is 4.34 Å². The zero-order valence-corrected chi connectivity index (χ0v) is 16.1. The van der Waals surface area contributed by atoms with Crippen LogP contribution in [0.4, 0.5) is 10.8 Å². The van der Waals surface area contributed by atoms with Gasteiger partial charge in [-0.3, -0.25) is 4.79 Å². The molecule has 136 valence electrons. The van der Waals surface area contributed by atoms with Gasteiger partial charge in [-0.25, -0.2) is 0 Å². The van der Waals surface area contributed by atoms with Crippen molar-refractivity contribution in [3.8, 4) is 5.75 Å². The molecular weight excluding hydrogens is 360 g/mol. The number of carbonyl (C=O) groups excluding carboxylic acids is 1. The number of thioether (sulfide) groups is 1. The van der Waals surface area contributed by atoms with E-state index < -0.39 is 0 Å². The van der Waals surface area contributed by atoms with Crippen LogP contribution in [0.5, 0.6) is 5.75 Å². The molecule has 25 heavy (non-hydrogen) atoms. The zero-order chi connectivity index (χ0) is 18.1. The van der Waals surface area contributed by atoms with Crippen LogP contribution in [-0.2, 0) is 9.53 Å². The molecule has 2 rings (SSSR count). The molecule has 2 N–H and O–H groups in total. The molecule has 0 aliphatic carbocycles. The van der Waals surface area contributed by atoms with E-state index in [0.717, 1.165) is 20.9 Å². The number of ether oxygens (including phenoxy) is 2. The molecule has 0 aliphatic rings. The molecule has 2 aromatic rings. The van der Waals surface area contributed by atoms with Crippen molar-refractivity contribution in [2.45, 2.75) is 23.4 Å². The average Bonchev–Trinajstić information content (AvgIpc) is 3.04. The van der Waals surface area contributed by atoms with Crippen LogP contribution in [0.3, 0.4) is 0 Å². The maximum absolute atomic E-state index is 12.3. The van der Waals surface area contributed by atoms with Crippen molar-refractivity contribution in [1.29, 1.82) is 0 Å². The van der Waals surface area contributed by atoms with Crippen LogP contribution in [0, 0.1) is 0 Å². The lowest BCUT2D eigenvalue weighted by molar-refractivity contribution is -0.115. The van der Waals surface area contributed by atoms with E-state index in [-0.39, 0.29) is 11.2 Å². The minimum atomic E-state index is -0.286. The summed E-state index contributed by atoms with van der Waals surface area (Å²) in [5.41, 5.74) is 0.736. The largest absolute Gasteiger partial charge is 0.494 e. The Labute approximate surface area is 155 Å². The molecule has 0 saturated heterocycles. The molecule has 7 nitrogen and oxygen atoms in total. The molecule has 0 unspecified atom stereocenters. The van der Waals surface area contributed by atoms with Crippen LogP contribution in [0.2, 0.25) is 0 Å². The van der Waals surface area contributed by atoms with E-state index in [4.69, 9.17) is 9.47 Å². The molecule has 9 heteroatoms. The van der Waals surface area contributed by atoms with Crippen molar-refractivity contribution in [1.82, 2.24) is 10.2 Å². The standard InChI is InChI=1S/C16H22N4O3S2/c1-4-23-13-7-5-12(6-8-13)18-14(21)11(2)24-16-20-19-15(25-16)17-9-10-22-3/h5-8,11H,4,9-10H2,1-3H3,(H,17,19)(H,18,21)/t11-/m1/s1.